The number of benzene rings is 2. The highest BCUT2D eigenvalue weighted by Crippen LogP contribution is 2.24. The summed E-state index contributed by atoms with van der Waals surface area (Å²) in [6.45, 7) is 1.09. The highest BCUT2D eigenvalue weighted by atomic mass is 32.2. The van der Waals surface area contributed by atoms with Crippen LogP contribution in [0, 0.1) is 5.92 Å². The minimum absolute atomic E-state index is 0.0415. The Morgan fingerprint density at radius 2 is 1.68 bits per heavy atom. The molecule has 1 heterocycles. The number of rotatable bonds is 6. The Morgan fingerprint density at radius 1 is 1.00 bits per heavy atom. The molecule has 2 aromatic carbocycles. The predicted molar refractivity (Wildman–Crippen MR) is 109 cm³/mol. The average molecular weight is 397 g/mol. The van der Waals surface area contributed by atoms with Crippen LogP contribution >= 0.6 is 11.8 Å². The number of ketones is 1. The molecule has 1 amide bonds. The Balaban J connectivity index is 1.58. The quantitative estimate of drug-likeness (QED) is 0.423. The van der Waals surface area contributed by atoms with E-state index in [-0.39, 0.29) is 23.6 Å². The smallest absolute Gasteiger partial charge is 0.308 e. The van der Waals surface area contributed by atoms with Crippen LogP contribution in [0.1, 0.15) is 33.6 Å². The van der Waals surface area contributed by atoms with Crippen molar-refractivity contribution in [2.75, 3.05) is 26.0 Å². The molecule has 0 bridgehead atoms. The summed E-state index contributed by atoms with van der Waals surface area (Å²) < 4.78 is 4.79. The lowest BCUT2D eigenvalue weighted by molar-refractivity contribution is -0.146. The molecule has 0 radical (unpaired) electrons. The Bertz CT molecular complexity index is 845. The molecule has 28 heavy (non-hydrogen) atoms. The van der Waals surface area contributed by atoms with E-state index < -0.39 is 0 Å². The molecular formula is C22H23NO4S. The minimum atomic E-state index is -0.200. The van der Waals surface area contributed by atoms with E-state index in [4.69, 9.17) is 4.74 Å². The van der Waals surface area contributed by atoms with Crippen molar-refractivity contribution in [2.45, 2.75) is 17.7 Å². The number of methoxy groups -OCH3 is 1. The summed E-state index contributed by atoms with van der Waals surface area (Å²) in [6.07, 6.45) is 1.25. The largest absolute Gasteiger partial charge is 0.469 e. The van der Waals surface area contributed by atoms with Crippen LogP contribution < -0.4 is 0 Å². The standard InChI is InChI=1S/C22H23NO4S/c1-27-22(26)17-10-12-23(13-11-17)21(25)18-8-5-9-19(14-18)28-15-20(24)16-6-3-2-4-7-16/h2-9,14,17H,10-13,15H2,1H3. The van der Waals surface area contributed by atoms with Crippen molar-refractivity contribution in [3.8, 4) is 0 Å². The summed E-state index contributed by atoms with van der Waals surface area (Å²) in [5.41, 5.74) is 1.30. The average Bonchev–Trinajstić information content (AvgIpc) is 2.77. The molecule has 1 aliphatic heterocycles. The van der Waals surface area contributed by atoms with Gasteiger partial charge in [0.05, 0.1) is 18.8 Å². The first-order chi connectivity index (χ1) is 13.6. The van der Waals surface area contributed by atoms with E-state index in [1.807, 2.05) is 36.4 Å². The maximum atomic E-state index is 12.8. The monoisotopic (exact) mass is 397 g/mol. The number of ether oxygens (including phenoxy) is 1. The van der Waals surface area contributed by atoms with Gasteiger partial charge in [0, 0.05) is 29.1 Å². The van der Waals surface area contributed by atoms with Crippen molar-refractivity contribution < 1.29 is 19.1 Å². The van der Waals surface area contributed by atoms with E-state index in [2.05, 4.69) is 0 Å². The summed E-state index contributed by atoms with van der Waals surface area (Å²) in [6, 6.07) is 16.6. The summed E-state index contributed by atoms with van der Waals surface area (Å²) in [7, 11) is 1.39. The van der Waals surface area contributed by atoms with Gasteiger partial charge in [0.1, 0.15) is 0 Å². The number of amides is 1. The maximum Gasteiger partial charge on any atom is 0.308 e. The molecule has 0 N–H and O–H groups in total. The molecule has 3 rings (SSSR count). The van der Waals surface area contributed by atoms with Gasteiger partial charge < -0.3 is 9.64 Å². The van der Waals surface area contributed by atoms with Crippen LogP contribution in [-0.4, -0.2) is 48.5 Å². The van der Waals surface area contributed by atoms with Crippen LogP contribution in [-0.2, 0) is 9.53 Å². The van der Waals surface area contributed by atoms with Crippen molar-refractivity contribution >= 4 is 29.4 Å². The number of Topliss-reactive ketones (excluding diaryl/α,β-unsaturated/α-hetero) is 1. The third-order valence-corrected chi connectivity index (χ3v) is 5.86. The first-order valence-corrected chi connectivity index (χ1v) is 10.2. The third kappa shape index (κ3) is 5.01. The number of nitrogens with zero attached hydrogens (tertiary/aromatic N) is 1. The van der Waals surface area contributed by atoms with Gasteiger partial charge in [-0.15, -0.1) is 11.8 Å². The second-order valence-corrected chi connectivity index (χ2v) is 7.74. The van der Waals surface area contributed by atoms with E-state index >= 15 is 0 Å². The fraction of sp³-hybridized carbons (Fsp3) is 0.318. The van der Waals surface area contributed by atoms with E-state index in [0.29, 0.717) is 42.8 Å². The Kier molecular flexibility index (Phi) is 6.87. The van der Waals surface area contributed by atoms with Crippen LogP contribution in [0.4, 0.5) is 0 Å². The molecule has 2 aromatic rings. The van der Waals surface area contributed by atoms with Gasteiger partial charge in [-0.25, -0.2) is 0 Å². The molecule has 146 valence electrons. The molecule has 1 saturated heterocycles. The zero-order valence-electron chi connectivity index (χ0n) is 15.8. The number of thioether (sulfide) groups is 1. The molecule has 1 fully saturated rings. The van der Waals surface area contributed by atoms with E-state index in [1.54, 1.807) is 23.1 Å². The zero-order valence-corrected chi connectivity index (χ0v) is 16.6. The number of carbonyl (C=O) groups is 3. The molecule has 0 saturated carbocycles. The van der Waals surface area contributed by atoms with E-state index in [0.717, 1.165) is 4.90 Å². The van der Waals surface area contributed by atoms with Crippen LogP contribution in [0.3, 0.4) is 0 Å². The number of piperidine rings is 1. The second kappa shape index (κ2) is 9.55. The van der Waals surface area contributed by atoms with Crippen LogP contribution in [0.25, 0.3) is 0 Å². The van der Waals surface area contributed by atoms with Gasteiger partial charge in [-0.3, -0.25) is 14.4 Å². The fourth-order valence-electron chi connectivity index (χ4n) is 3.24. The Morgan fingerprint density at radius 3 is 2.36 bits per heavy atom. The summed E-state index contributed by atoms with van der Waals surface area (Å²) >= 11 is 1.43. The number of esters is 1. The summed E-state index contributed by atoms with van der Waals surface area (Å²) in [5, 5.41) is 0. The summed E-state index contributed by atoms with van der Waals surface area (Å²) in [4.78, 5) is 39.3. The van der Waals surface area contributed by atoms with E-state index in [1.165, 1.54) is 18.9 Å². The molecule has 0 spiro atoms. The lowest BCUT2D eigenvalue weighted by Gasteiger charge is -2.30. The molecular weight excluding hydrogens is 374 g/mol. The van der Waals surface area contributed by atoms with Crippen LogP contribution in [0.5, 0.6) is 0 Å². The van der Waals surface area contributed by atoms with Crippen molar-refractivity contribution in [2.24, 2.45) is 5.92 Å². The van der Waals surface area contributed by atoms with Crippen molar-refractivity contribution in [1.29, 1.82) is 0 Å². The number of hydrogen-bond donors (Lipinski definition) is 0. The fourth-order valence-corrected chi connectivity index (χ4v) is 4.09. The van der Waals surface area contributed by atoms with Gasteiger partial charge in [-0.2, -0.15) is 0 Å². The van der Waals surface area contributed by atoms with Crippen LogP contribution in [0.15, 0.2) is 59.5 Å². The molecule has 0 unspecified atom stereocenters. The van der Waals surface area contributed by atoms with Gasteiger partial charge in [-0.05, 0) is 31.0 Å². The predicted octanol–water partition coefficient (Wildman–Crippen LogP) is 3.69. The van der Waals surface area contributed by atoms with Gasteiger partial charge in [0.15, 0.2) is 5.78 Å². The van der Waals surface area contributed by atoms with Crippen LogP contribution in [0.2, 0.25) is 0 Å². The molecule has 0 aromatic heterocycles. The second-order valence-electron chi connectivity index (χ2n) is 6.70. The molecule has 1 aliphatic rings. The molecule has 0 atom stereocenters. The SMILES string of the molecule is COC(=O)C1CCN(C(=O)c2cccc(SCC(=O)c3ccccc3)c2)CC1. The summed E-state index contributed by atoms with van der Waals surface area (Å²) in [5.74, 6) is 0.0208. The topological polar surface area (TPSA) is 63.7 Å². The lowest BCUT2D eigenvalue weighted by Crippen LogP contribution is -2.40. The third-order valence-electron chi connectivity index (χ3n) is 4.86. The molecule has 6 heteroatoms. The van der Waals surface area contributed by atoms with Crippen molar-refractivity contribution in [3.05, 3.63) is 65.7 Å². The number of likely N-dealkylation sites (tertiary alicyclic amines) is 1. The number of carbonyl (C=O) groups excluding carboxylic acids is 3. The normalized spacial score (nSPS) is 14.5. The Labute approximate surface area is 169 Å². The van der Waals surface area contributed by atoms with Gasteiger partial charge in [0.25, 0.3) is 5.91 Å². The highest BCUT2D eigenvalue weighted by molar-refractivity contribution is 8.00. The van der Waals surface area contributed by atoms with Gasteiger partial charge >= 0.3 is 5.97 Å². The first-order valence-electron chi connectivity index (χ1n) is 9.26. The zero-order chi connectivity index (χ0) is 19.9. The van der Waals surface area contributed by atoms with Crippen molar-refractivity contribution in [3.63, 3.8) is 0 Å². The molecule has 0 aliphatic carbocycles. The highest BCUT2D eigenvalue weighted by Gasteiger charge is 2.28. The Hall–Kier alpha value is -2.60. The molecule has 5 nitrogen and oxygen atoms in total. The minimum Gasteiger partial charge on any atom is -0.469 e. The van der Waals surface area contributed by atoms with Gasteiger partial charge in [-0.1, -0.05) is 36.4 Å². The maximum absolute atomic E-state index is 12.8. The van der Waals surface area contributed by atoms with E-state index in [9.17, 15) is 14.4 Å². The van der Waals surface area contributed by atoms with Crippen molar-refractivity contribution in [1.82, 2.24) is 4.90 Å². The van der Waals surface area contributed by atoms with Gasteiger partial charge in [0.2, 0.25) is 0 Å². The first kappa shape index (κ1) is 20.1. The lowest BCUT2D eigenvalue weighted by atomic mass is 9.96. The number of hydrogen-bond acceptors (Lipinski definition) is 5.